The Labute approximate surface area is 100 Å². The molecule has 1 heterocycles. The molecular formula is C13H15N3O. The minimum Gasteiger partial charge on any atom is -0.497 e. The Morgan fingerprint density at radius 3 is 2.82 bits per heavy atom. The van der Waals surface area contributed by atoms with Gasteiger partial charge in [-0.2, -0.15) is 0 Å². The first-order chi connectivity index (χ1) is 8.31. The highest BCUT2D eigenvalue weighted by Gasteiger charge is 1.98. The average Bonchev–Trinajstić information content (AvgIpc) is 2.40. The van der Waals surface area contributed by atoms with Gasteiger partial charge in [0.05, 0.1) is 7.11 Å². The monoisotopic (exact) mass is 229 g/mol. The lowest BCUT2D eigenvalue weighted by Gasteiger charge is -2.07. The molecule has 0 spiro atoms. The average molecular weight is 229 g/mol. The van der Waals surface area contributed by atoms with Crippen molar-refractivity contribution in [2.45, 2.75) is 6.54 Å². The van der Waals surface area contributed by atoms with Crippen LogP contribution in [0.3, 0.4) is 0 Å². The van der Waals surface area contributed by atoms with Crippen LogP contribution in [0.5, 0.6) is 5.75 Å². The number of nitrogens with one attached hydrogen (secondary N) is 1. The predicted octanol–water partition coefficient (Wildman–Crippen LogP) is 2.29. The Morgan fingerprint density at radius 2 is 2.18 bits per heavy atom. The third-order valence-corrected chi connectivity index (χ3v) is 2.40. The Kier molecular flexibility index (Phi) is 3.57. The zero-order valence-electron chi connectivity index (χ0n) is 9.68. The number of nitrogens with zero attached hydrogens (tertiary/aromatic N) is 1. The first kappa shape index (κ1) is 11.4. The fourth-order valence-corrected chi connectivity index (χ4v) is 1.47. The van der Waals surface area contributed by atoms with Gasteiger partial charge < -0.3 is 15.8 Å². The lowest BCUT2D eigenvalue weighted by molar-refractivity contribution is 0.415. The first-order valence-corrected chi connectivity index (χ1v) is 5.38. The number of anilines is 2. The summed E-state index contributed by atoms with van der Waals surface area (Å²) in [6, 6.07) is 11.6. The summed E-state index contributed by atoms with van der Waals surface area (Å²) in [7, 11) is 1.65. The fraction of sp³-hybridized carbons (Fsp3) is 0.154. The zero-order valence-corrected chi connectivity index (χ0v) is 9.68. The largest absolute Gasteiger partial charge is 0.497 e. The van der Waals surface area contributed by atoms with E-state index >= 15 is 0 Å². The number of benzene rings is 1. The molecule has 0 aliphatic heterocycles. The number of ether oxygens (including phenoxy) is 1. The molecule has 0 aliphatic carbocycles. The smallest absolute Gasteiger partial charge is 0.130 e. The van der Waals surface area contributed by atoms with Gasteiger partial charge in [0.25, 0.3) is 0 Å². The Hall–Kier alpha value is -2.07. The third-order valence-electron chi connectivity index (χ3n) is 2.40. The molecule has 0 amide bonds. The van der Waals surface area contributed by atoms with Crippen LogP contribution in [0.4, 0.5) is 11.5 Å². The predicted molar refractivity (Wildman–Crippen MR) is 68.4 cm³/mol. The number of aromatic nitrogens is 1. The molecule has 17 heavy (non-hydrogen) atoms. The molecule has 4 heteroatoms. The molecule has 0 saturated carbocycles. The van der Waals surface area contributed by atoms with Crippen LogP contribution in [0.15, 0.2) is 42.6 Å². The summed E-state index contributed by atoms with van der Waals surface area (Å²) in [6.45, 7) is 0.506. The first-order valence-electron chi connectivity index (χ1n) is 5.38. The number of rotatable bonds is 4. The van der Waals surface area contributed by atoms with Crippen LogP contribution < -0.4 is 15.8 Å². The summed E-state index contributed by atoms with van der Waals surface area (Å²) in [4.78, 5) is 4.27. The lowest BCUT2D eigenvalue weighted by Crippen LogP contribution is -1.98. The minimum atomic E-state index is 0.506. The maximum absolute atomic E-state index is 5.51. The lowest BCUT2D eigenvalue weighted by atomic mass is 10.2. The van der Waals surface area contributed by atoms with Crippen LogP contribution in [0.1, 0.15) is 5.56 Å². The van der Waals surface area contributed by atoms with Gasteiger partial charge >= 0.3 is 0 Å². The fourth-order valence-electron chi connectivity index (χ4n) is 1.47. The highest BCUT2D eigenvalue weighted by Crippen LogP contribution is 2.20. The van der Waals surface area contributed by atoms with Crippen molar-refractivity contribution in [3.05, 3.63) is 48.2 Å². The maximum atomic E-state index is 5.51. The Bertz CT molecular complexity index is 482. The van der Waals surface area contributed by atoms with E-state index in [1.807, 2.05) is 36.4 Å². The van der Waals surface area contributed by atoms with Crippen molar-refractivity contribution in [1.29, 1.82) is 0 Å². The second-order valence-corrected chi connectivity index (χ2v) is 3.61. The van der Waals surface area contributed by atoms with Gasteiger partial charge in [0.2, 0.25) is 0 Å². The number of hydrogen-bond acceptors (Lipinski definition) is 4. The van der Waals surface area contributed by atoms with Crippen LogP contribution in [-0.2, 0) is 6.54 Å². The van der Waals surface area contributed by atoms with E-state index in [-0.39, 0.29) is 0 Å². The normalized spacial score (nSPS) is 10.0. The molecule has 1 aromatic carbocycles. The van der Waals surface area contributed by atoms with Crippen molar-refractivity contribution in [2.75, 3.05) is 12.4 Å². The van der Waals surface area contributed by atoms with Gasteiger partial charge in [0.15, 0.2) is 0 Å². The molecule has 0 bridgehead atoms. The number of pyridine rings is 1. The van der Waals surface area contributed by atoms with E-state index in [0.29, 0.717) is 6.54 Å². The van der Waals surface area contributed by atoms with Crippen LogP contribution >= 0.6 is 0 Å². The number of nitrogens with two attached hydrogens (primary N) is 1. The highest BCUT2D eigenvalue weighted by atomic mass is 16.5. The Morgan fingerprint density at radius 1 is 1.29 bits per heavy atom. The molecule has 0 saturated heterocycles. The van der Waals surface area contributed by atoms with Crippen molar-refractivity contribution in [1.82, 2.24) is 4.98 Å². The van der Waals surface area contributed by atoms with Gasteiger partial charge in [-0.3, -0.25) is 0 Å². The standard InChI is InChI=1S/C13H15N3O/c1-17-12-4-2-3-11(7-12)16-13-6-5-10(8-14)9-15-13/h2-7,9H,8,14H2,1H3,(H,15,16). The summed E-state index contributed by atoms with van der Waals surface area (Å²) in [5.74, 6) is 1.60. The third kappa shape index (κ3) is 2.95. The topological polar surface area (TPSA) is 60.2 Å². The zero-order chi connectivity index (χ0) is 12.1. The van der Waals surface area contributed by atoms with Crippen LogP contribution in [0, 0.1) is 0 Å². The molecule has 0 atom stereocenters. The summed E-state index contributed by atoms with van der Waals surface area (Å²) < 4.78 is 5.15. The molecule has 3 N–H and O–H groups in total. The molecule has 2 aromatic rings. The molecule has 0 unspecified atom stereocenters. The van der Waals surface area contributed by atoms with Crippen molar-refractivity contribution in [2.24, 2.45) is 5.73 Å². The van der Waals surface area contributed by atoms with Crippen LogP contribution in [0.25, 0.3) is 0 Å². The molecule has 1 aromatic heterocycles. The van der Waals surface area contributed by atoms with Crippen molar-refractivity contribution in [3.8, 4) is 5.75 Å². The maximum Gasteiger partial charge on any atom is 0.130 e. The van der Waals surface area contributed by atoms with E-state index in [1.54, 1.807) is 13.3 Å². The summed E-state index contributed by atoms with van der Waals surface area (Å²) in [5.41, 5.74) is 7.47. The molecule has 88 valence electrons. The van der Waals surface area contributed by atoms with Gasteiger partial charge in [-0.15, -0.1) is 0 Å². The molecule has 0 aliphatic rings. The van der Waals surface area contributed by atoms with Gasteiger partial charge in [0, 0.05) is 24.5 Å². The summed E-state index contributed by atoms with van der Waals surface area (Å²) >= 11 is 0. The molecule has 4 nitrogen and oxygen atoms in total. The Balaban J connectivity index is 2.13. The van der Waals surface area contributed by atoms with Gasteiger partial charge in [-0.25, -0.2) is 4.98 Å². The van der Waals surface area contributed by atoms with Gasteiger partial charge in [0.1, 0.15) is 11.6 Å². The number of hydrogen-bond donors (Lipinski definition) is 2. The summed E-state index contributed by atoms with van der Waals surface area (Å²) in [5, 5.41) is 3.20. The van der Waals surface area contributed by atoms with E-state index in [2.05, 4.69) is 10.3 Å². The second-order valence-electron chi connectivity index (χ2n) is 3.61. The van der Waals surface area contributed by atoms with Crippen molar-refractivity contribution >= 4 is 11.5 Å². The van der Waals surface area contributed by atoms with Crippen molar-refractivity contribution < 1.29 is 4.74 Å². The highest BCUT2D eigenvalue weighted by molar-refractivity contribution is 5.58. The SMILES string of the molecule is COc1cccc(Nc2ccc(CN)cn2)c1. The van der Waals surface area contributed by atoms with Crippen LogP contribution in [0.2, 0.25) is 0 Å². The van der Waals surface area contributed by atoms with E-state index in [0.717, 1.165) is 22.8 Å². The van der Waals surface area contributed by atoms with Crippen molar-refractivity contribution in [3.63, 3.8) is 0 Å². The van der Waals surface area contributed by atoms with E-state index in [9.17, 15) is 0 Å². The quantitative estimate of drug-likeness (QED) is 0.844. The van der Waals surface area contributed by atoms with E-state index in [1.165, 1.54) is 0 Å². The van der Waals surface area contributed by atoms with Gasteiger partial charge in [-0.05, 0) is 23.8 Å². The molecule has 0 fully saturated rings. The van der Waals surface area contributed by atoms with E-state index < -0.39 is 0 Å². The van der Waals surface area contributed by atoms with E-state index in [4.69, 9.17) is 10.5 Å². The second kappa shape index (κ2) is 5.32. The van der Waals surface area contributed by atoms with Gasteiger partial charge in [-0.1, -0.05) is 12.1 Å². The van der Waals surface area contributed by atoms with Crippen LogP contribution in [-0.4, -0.2) is 12.1 Å². The summed E-state index contributed by atoms with van der Waals surface area (Å²) in [6.07, 6.45) is 1.77. The molecule has 0 radical (unpaired) electrons. The molecule has 2 rings (SSSR count). The molecular weight excluding hydrogens is 214 g/mol. The number of methoxy groups -OCH3 is 1. The minimum absolute atomic E-state index is 0.506.